The van der Waals surface area contributed by atoms with Gasteiger partial charge in [-0.25, -0.2) is 4.98 Å². The van der Waals surface area contributed by atoms with Crippen molar-refractivity contribution in [1.82, 2.24) is 9.88 Å². The summed E-state index contributed by atoms with van der Waals surface area (Å²) in [5.74, 6) is 0.700. The van der Waals surface area contributed by atoms with Crippen LogP contribution in [0.2, 0.25) is 0 Å². The topological polar surface area (TPSA) is 45.7 Å². The number of halogens is 2. The van der Waals surface area contributed by atoms with Crippen LogP contribution in [0, 0.1) is 0 Å². The summed E-state index contributed by atoms with van der Waals surface area (Å²) in [6, 6.07) is 13.4. The maximum atomic E-state index is 13.5. The van der Waals surface area contributed by atoms with Crippen molar-refractivity contribution in [1.29, 1.82) is 0 Å². The first-order valence-corrected chi connectivity index (χ1v) is 11.5. The summed E-state index contributed by atoms with van der Waals surface area (Å²) in [7, 11) is 0. The van der Waals surface area contributed by atoms with E-state index in [1.807, 2.05) is 49.4 Å². The van der Waals surface area contributed by atoms with Gasteiger partial charge in [0.25, 0.3) is 5.91 Å². The van der Waals surface area contributed by atoms with Gasteiger partial charge in [0.1, 0.15) is 11.3 Å². The molecule has 0 atom stereocenters. The molecule has 1 aromatic heterocycles. The minimum absolute atomic E-state index is 0. The minimum Gasteiger partial charge on any atom is -0.492 e. The first kappa shape index (κ1) is 24.6. The van der Waals surface area contributed by atoms with E-state index in [1.165, 1.54) is 11.3 Å². The first-order valence-electron chi connectivity index (χ1n) is 9.90. The van der Waals surface area contributed by atoms with E-state index in [2.05, 4.69) is 34.7 Å². The van der Waals surface area contributed by atoms with Crippen LogP contribution in [0.3, 0.4) is 0 Å². The summed E-state index contributed by atoms with van der Waals surface area (Å²) in [6.07, 6.45) is 0. The summed E-state index contributed by atoms with van der Waals surface area (Å²) < 4.78 is 7.53. The van der Waals surface area contributed by atoms with Crippen molar-refractivity contribution in [3.8, 4) is 5.75 Å². The van der Waals surface area contributed by atoms with E-state index in [-0.39, 0.29) is 18.3 Å². The Bertz CT molecular complexity index is 978. The van der Waals surface area contributed by atoms with E-state index < -0.39 is 0 Å². The molecule has 3 rings (SSSR count). The molecule has 1 heterocycles. The highest BCUT2D eigenvalue weighted by molar-refractivity contribution is 9.10. The quantitative estimate of drug-likeness (QED) is 0.360. The molecule has 0 unspecified atom stereocenters. The van der Waals surface area contributed by atoms with Gasteiger partial charge in [0.15, 0.2) is 5.13 Å². The van der Waals surface area contributed by atoms with Crippen LogP contribution in [0.4, 0.5) is 5.13 Å². The number of hydrogen-bond donors (Lipinski definition) is 0. The van der Waals surface area contributed by atoms with E-state index in [1.54, 1.807) is 4.90 Å². The summed E-state index contributed by atoms with van der Waals surface area (Å²) in [4.78, 5) is 22.4. The number of carbonyl (C=O) groups excluding carboxylic acids is 1. The molecule has 1 amide bonds. The number of thiazole rings is 1. The molecule has 162 valence electrons. The van der Waals surface area contributed by atoms with Crippen molar-refractivity contribution < 1.29 is 9.53 Å². The zero-order valence-corrected chi connectivity index (χ0v) is 20.6. The molecule has 0 aliphatic rings. The fourth-order valence-electron chi connectivity index (χ4n) is 3.14. The Morgan fingerprint density at radius 3 is 2.47 bits per heavy atom. The fourth-order valence-corrected chi connectivity index (χ4v) is 4.61. The van der Waals surface area contributed by atoms with E-state index in [0.717, 1.165) is 40.1 Å². The normalized spacial score (nSPS) is 10.8. The molecule has 0 fully saturated rings. The predicted molar refractivity (Wildman–Crippen MR) is 132 cm³/mol. The molecular formula is C22H27BrClN3O2S. The number of fused-ring (bicyclic) bond motifs is 1. The van der Waals surface area contributed by atoms with Crippen LogP contribution in [0.15, 0.2) is 46.9 Å². The second-order valence-corrected chi connectivity index (χ2v) is 8.36. The molecule has 8 heteroatoms. The molecule has 3 aromatic rings. The number of nitrogens with zero attached hydrogens (tertiary/aromatic N) is 3. The average molecular weight is 513 g/mol. The SMILES string of the molecule is CCOc1cccc2sc(N(CCN(CC)CC)C(=O)c3ccccc3Br)nc12.Cl. The van der Waals surface area contributed by atoms with Gasteiger partial charge >= 0.3 is 0 Å². The largest absolute Gasteiger partial charge is 0.492 e. The third-order valence-electron chi connectivity index (χ3n) is 4.79. The second kappa shape index (κ2) is 11.6. The van der Waals surface area contributed by atoms with Crippen molar-refractivity contribution in [3.05, 3.63) is 52.5 Å². The second-order valence-electron chi connectivity index (χ2n) is 6.50. The lowest BCUT2D eigenvalue weighted by Crippen LogP contribution is -2.39. The average Bonchev–Trinajstić information content (AvgIpc) is 3.16. The predicted octanol–water partition coefficient (Wildman–Crippen LogP) is 5.87. The van der Waals surface area contributed by atoms with Crippen molar-refractivity contribution in [2.45, 2.75) is 20.8 Å². The van der Waals surface area contributed by atoms with Gasteiger partial charge in [-0.1, -0.05) is 43.4 Å². The Kier molecular flexibility index (Phi) is 9.55. The summed E-state index contributed by atoms with van der Waals surface area (Å²) in [6.45, 7) is 10.1. The highest BCUT2D eigenvalue weighted by Gasteiger charge is 2.24. The molecule has 5 nitrogen and oxygen atoms in total. The first-order chi connectivity index (χ1) is 14.1. The Morgan fingerprint density at radius 1 is 1.07 bits per heavy atom. The van der Waals surface area contributed by atoms with E-state index in [0.29, 0.717) is 23.8 Å². The Balaban J connectivity index is 0.00000320. The molecule has 0 saturated carbocycles. The monoisotopic (exact) mass is 511 g/mol. The van der Waals surface area contributed by atoms with Gasteiger partial charge in [-0.15, -0.1) is 12.4 Å². The maximum Gasteiger partial charge on any atom is 0.261 e. The number of benzene rings is 2. The summed E-state index contributed by atoms with van der Waals surface area (Å²) in [5.41, 5.74) is 1.44. The lowest BCUT2D eigenvalue weighted by Gasteiger charge is -2.25. The summed E-state index contributed by atoms with van der Waals surface area (Å²) >= 11 is 5.04. The van der Waals surface area contributed by atoms with Gasteiger partial charge in [0.05, 0.1) is 16.9 Å². The Hall–Kier alpha value is -1.67. The van der Waals surface area contributed by atoms with E-state index in [4.69, 9.17) is 9.72 Å². The number of likely N-dealkylation sites (N-methyl/N-ethyl adjacent to an activating group) is 1. The van der Waals surface area contributed by atoms with Crippen LogP contribution in [-0.4, -0.2) is 48.6 Å². The number of ether oxygens (including phenoxy) is 1. The van der Waals surface area contributed by atoms with Gasteiger partial charge in [0, 0.05) is 17.6 Å². The minimum atomic E-state index is -0.0540. The zero-order chi connectivity index (χ0) is 20.8. The number of para-hydroxylation sites is 1. The molecule has 0 spiro atoms. The smallest absolute Gasteiger partial charge is 0.261 e. The molecule has 30 heavy (non-hydrogen) atoms. The standard InChI is InChI=1S/C22H26BrN3O2S.ClH/c1-4-25(5-2)14-15-26(21(27)16-10-7-8-11-17(16)23)22-24-20-18(28-6-3)12-9-13-19(20)29-22;/h7-13H,4-6,14-15H2,1-3H3;1H. The van der Waals surface area contributed by atoms with Crippen molar-refractivity contribution in [3.63, 3.8) is 0 Å². The van der Waals surface area contributed by atoms with Crippen LogP contribution < -0.4 is 9.64 Å². The fraction of sp³-hybridized carbons (Fsp3) is 0.364. The van der Waals surface area contributed by atoms with E-state index in [9.17, 15) is 4.79 Å². The Morgan fingerprint density at radius 2 is 1.80 bits per heavy atom. The van der Waals surface area contributed by atoms with Gasteiger partial charge in [-0.2, -0.15) is 0 Å². The number of anilines is 1. The molecule has 0 radical (unpaired) electrons. The maximum absolute atomic E-state index is 13.5. The molecule has 0 saturated heterocycles. The zero-order valence-electron chi connectivity index (χ0n) is 17.4. The third kappa shape index (κ3) is 5.52. The number of aromatic nitrogens is 1. The lowest BCUT2D eigenvalue weighted by molar-refractivity contribution is 0.0983. The van der Waals surface area contributed by atoms with Crippen LogP contribution in [0.25, 0.3) is 10.2 Å². The molecular weight excluding hydrogens is 486 g/mol. The highest BCUT2D eigenvalue weighted by atomic mass is 79.9. The van der Waals surface area contributed by atoms with Gasteiger partial charge in [-0.05, 0) is 60.2 Å². The van der Waals surface area contributed by atoms with E-state index >= 15 is 0 Å². The molecule has 0 bridgehead atoms. The molecule has 0 N–H and O–H groups in total. The summed E-state index contributed by atoms with van der Waals surface area (Å²) in [5, 5.41) is 0.695. The van der Waals surface area contributed by atoms with Crippen molar-refractivity contribution >= 4 is 60.9 Å². The number of rotatable bonds is 9. The van der Waals surface area contributed by atoms with Gasteiger partial charge < -0.3 is 9.64 Å². The molecule has 0 aliphatic heterocycles. The van der Waals surface area contributed by atoms with Gasteiger partial charge in [-0.3, -0.25) is 9.69 Å². The van der Waals surface area contributed by atoms with Crippen LogP contribution in [-0.2, 0) is 0 Å². The number of amides is 1. The number of carbonyl (C=O) groups is 1. The Labute approximate surface area is 196 Å². The molecule has 0 aliphatic carbocycles. The third-order valence-corrected chi connectivity index (χ3v) is 6.52. The van der Waals surface area contributed by atoms with Crippen molar-refractivity contribution in [2.24, 2.45) is 0 Å². The van der Waals surface area contributed by atoms with Crippen LogP contribution in [0.1, 0.15) is 31.1 Å². The van der Waals surface area contributed by atoms with Crippen LogP contribution in [0.5, 0.6) is 5.75 Å². The van der Waals surface area contributed by atoms with Gasteiger partial charge in [0.2, 0.25) is 0 Å². The highest BCUT2D eigenvalue weighted by Crippen LogP contribution is 2.35. The lowest BCUT2D eigenvalue weighted by atomic mass is 10.2. The van der Waals surface area contributed by atoms with Crippen LogP contribution >= 0.6 is 39.7 Å². The number of hydrogen-bond acceptors (Lipinski definition) is 5. The van der Waals surface area contributed by atoms with Crippen molar-refractivity contribution in [2.75, 3.05) is 37.7 Å². The molecule has 2 aromatic carbocycles.